The number of aryl methyl sites for hydroxylation is 1. The number of hydrogen-bond donors (Lipinski definition) is 0. The van der Waals surface area contributed by atoms with E-state index in [1.54, 1.807) is 12.4 Å². The predicted molar refractivity (Wildman–Crippen MR) is 110 cm³/mol. The Morgan fingerprint density at radius 3 is 2.57 bits per heavy atom. The molecule has 138 valence electrons. The van der Waals surface area contributed by atoms with E-state index < -0.39 is 0 Å². The van der Waals surface area contributed by atoms with Gasteiger partial charge < -0.3 is 0 Å². The molecular formula is C23H19N3OS. The fraction of sp³-hybridized carbons (Fsp3) is 0.217. The SMILES string of the molecule is N#Cc1c(SCC(=O)c2ccccc2)nc2c(c1-c1ccncc1)CCCC2. The molecule has 0 aliphatic heterocycles. The summed E-state index contributed by atoms with van der Waals surface area (Å²) in [7, 11) is 0. The summed E-state index contributed by atoms with van der Waals surface area (Å²) in [4.78, 5) is 21.4. The van der Waals surface area contributed by atoms with Crippen molar-refractivity contribution < 1.29 is 4.79 Å². The number of benzene rings is 1. The molecule has 3 aromatic rings. The average molecular weight is 385 g/mol. The molecule has 0 saturated carbocycles. The number of Topliss-reactive ketones (excluding diaryl/α,β-unsaturated/α-hetero) is 1. The molecule has 0 radical (unpaired) electrons. The van der Waals surface area contributed by atoms with Crippen molar-refractivity contribution in [3.05, 3.63) is 77.2 Å². The van der Waals surface area contributed by atoms with Crippen LogP contribution in [0.15, 0.2) is 59.9 Å². The lowest BCUT2D eigenvalue weighted by molar-refractivity contribution is 0.102. The van der Waals surface area contributed by atoms with Crippen LogP contribution < -0.4 is 0 Å². The zero-order valence-corrected chi connectivity index (χ0v) is 16.2. The van der Waals surface area contributed by atoms with E-state index in [4.69, 9.17) is 4.98 Å². The van der Waals surface area contributed by atoms with E-state index in [-0.39, 0.29) is 11.5 Å². The molecule has 2 aromatic heterocycles. The van der Waals surface area contributed by atoms with Crippen molar-refractivity contribution >= 4 is 17.5 Å². The van der Waals surface area contributed by atoms with Crippen molar-refractivity contribution in [2.45, 2.75) is 30.7 Å². The van der Waals surface area contributed by atoms with Crippen molar-refractivity contribution in [3.63, 3.8) is 0 Å². The highest BCUT2D eigenvalue weighted by atomic mass is 32.2. The molecule has 1 aromatic carbocycles. The second kappa shape index (κ2) is 8.37. The topological polar surface area (TPSA) is 66.6 Å². The summed E-state index contributed by atoms with van der Waals surface area (Å²) in [6, 6.07) is 15.5. The maximum atomic E-state index is 12.5. The van der Waals surface area contributed by atoms with Crippen LogP contribution in [0.1, 0.15) is 40.0 Å². The summed E-state index contributed by atoms with van der Waals surface area (Å²) >= 11 is 1.36. The molecule has 2 heterocycles. The molecule has 1 aliphatic rings. The number of thioether (sulfide) groups is 1. The first-order valence-corrected chi connectivity index (χ1v) is 10.3. The van der Waals surface area contributed by atoms with E-state index in [1.807, 2.05) is 42.5 Å². The number of hydrogen-bond acceptors (Lipinski definition) is 5. The fourth-order valence-corrected chi connectivity index (χ4v) is 4.51. The first kappa shape index (κ1) is 18.4. The van der Waals surface area contributed by atoms with Crippen molar-refractivity contribution in [1.82, 2.24) is 9.97 Å². The minimum Gasteiger partial charge on any atom is -0.293 e. The van der Waals surface area contributed by atoms with Crippen LogP contribution in [0.3, 0.4) is 0 Å². The highest BCUT2D eigenvalue weighted by Crippen LogP contribution is 2.37. The Bertz CT molecular complexity index is 1040. The summed E-state index contributed by atoms with van der Waals surface area (Å²) in [6.45, 7) is 0. The van der Waals surface area contributed by atoms with Crippen LogP contribution in [0.2, 0.25) is 0 Å². The molecular weight excluding hydrogens is 366 g/mol. The van der Waals surface area contributed by atoms with Gasteiger partial charge in [-0.15, -0.1) is 0 Å². The van der Waals surface area contributed by atoms with Crippen molar-refractivity contribution in [2.24, 2.45) is 0 Å². The van der Waals surface area contributed by atoms with Gasteiger partial charge in [-0.25, -0.2) is 4.98 Å². The van der Waals surface area contributed by atoms with E-state index in [0.717, 1.165) is 42.5 Å². The number of carbonyl (C=O) groups is 1. The predicted octanol–water partition coefficient (Wildman–Crippen LogP) is 4.87. The number of carbonyl (C=O) groups excluding carboxylic acids is 1. The summed E-state index contributed by atoms with van der Waals surface area (Å²) in [6.07, 6.45) is 7.56. The number of fused-ring (bicyclic) bond motifs is 1. The Hall–Kier alpha value is -2.97. The van der Waals surface area contributed by atoms with E-state index in [2.05, 4.69) is 11.1 Å². The van der Waals surface area contributed by atoms with Crippen LogP contribution in [-0.4, -0.2) is 21.5 Å². The van der Waals surface area contributed by atoms with Crippen LogP contribution in [0.25, 0.3) is 11.1 Å². The molecule has 0 fully saturated rings. The standard InChI is InChI=1S/C23H19N3OS/c24-14-19-22(17-10-12-25-13-11-17)18-8-4-5-9-20(18)26-23(19)28-15-21(27)16-6-2-1-3-7-16/h1-3,6-7,10-13H,4-5,8-9,15H2. The Morgan fingerprint density at radius 1 is 1.07 bits per heavy atom. The highest BCUT2D eigenvalue weighted by molar-refractivity contribution is 8.00. The summed E-state index contributed by atoms with van der Waals surface area (Å²) < 4.78 is 0. The zero-order chi connectivity index (χ0) is 19.3. The van der Waals surface area contributed by atoms with Gasteiger partial charge in [-0.1, -0.05) is 42.1 Å². The van der Waals surface area contributed by atoms with Crippen LogP contribution in [-0.2, 0) is 12.8 Å². The lowest BCUT2D eigenvalue weighted by Gasteiger charge is -2.21. The molecule has 0 unspecified atom stereocenters. The smallest absolute Gasteiger partial charge is 0.173 e. The molecule has 1 aliphatic carbocycles. The van der Waals surface area contributed by atoms with Crippen molar-refractivity contribution in [1.29, 1.82) is 5.26 Å². The first-order valence-electron chi connectivity index (χ1n) is 9.35. The molecule has 0 spiro atoms. The largest absolute Gasteiger partial charge is 0.293 e. The zero-order valence-electron chi connectivity index (χ0n) is 15.4. The normalized spacial score (nSPS) is 12.8. The summed E-state index contributed by atoms with van der Waals surface area (Å²) in [5.41, 5.74) is 5.44. The third kappa shape index (κ3) is 3.69. The Kier molecular flexibility index (Phi) is 5.50. The minimum absolute atomic E-state index is 0.0412. The van der Waals surface area contributed by atoms with Crippen LogP contribution in [0, 0.1) is 11.3 Å². The van der Waals surface area contributed by atoms with Crippen molar-refractivity contribution in [2.75, 3.05) is 5.75 Å². The molecule has 0 amide bonds. The summed E-state index contributed by atoms with van der Waals surface area (Å²) in [5, 5.41) is 10.6. The van der Waals surface area contributed by atoms with Crippen molar-refractivity contribution in [3.8, 4) is 17.2 Å². The lowest BCUT2D eigenvalue weighted by Crippen LogP contribution is -2.11. The van der Waals surface area contributed by atoms with Gasteiger partial charge in [0.15, 0.2) is 5.78 Å². The molecule has 4 nitrogen and oxygen atoms in total. The second-order valence-electron chi connectivity index (χ2n) is 6.72. The fourth-order valence-electron chi connectivity index (χ4n) is 3.60. The Morgan fingerprint density at radius 2 is 1.82 bits per heavy atom. The first-order chi connectivity index (χ1) is 13.8. The van der Waals surface area contributed by atoms with Crippen LogP contribution in [0.5, 0.6) is 0 Å². The van der Waals surface area contributed by atoms with Gasteiger partial charge in [-0.2, -0.15) is 5.26 Å². The second-order valence-corrected chi connectivity index (χ2v) is 7.69. The monoisotopic (exact) mass is 385 g/mol. The van der Waals surface area contributed by atoms with Crippen LogP contribution >= 0.6 is 11.8 Å². The van der Waals surface area contributed by atoms with Gasteiger partial charge in [0, 0.05) is 29.2 Å². The number of ketones is 1. The average Bonchev–Trinajstić information content (AvgIpc) is 2.77. The molecule has 0 N–H and O–H groups in total. The quantitative estimate of drug-likeness (QED) is 0.463. The number of pyridine rings is 2. The lowest BCUT2D eigenvalue weighted by atomic mass is 9.87. The third-order valence-electron chi connectivity index (χ3n) is 4.96. The van der Waals surface area contributed by atoms with Gasteiger partial charge >= 0.3 is 0 Å². The highest BCUT2D eigenvalue weighted by Gasteiger charge is 2.23. The Balaban J connectivity index is 1.73. The van der Waals surface area contributed by atoms with Gasteiger partial charge in [-0.3, -0.25) is 9.78 Å². The number of nitrogens with zero attached hydrogens (tertiary/aromatic N) is 3. The Labute approximate surface area is 168 Å². The molecule has 0 atom stereocenters. The third-order valence-corrected chi connectivity index (χ3v) is 5.93. The number of aromatic nitrogens is 2. The number of nitriles is 1. The van der Waals surface area contributed by atoms with Gasteiger partial charge in [0.2, 0.25) is 0 Å². The van der Waals surface area contributed by atoms with E-state index in [1.165, 1.54) is 17.3 Å². The van der Waals surface area contributed by atoms with Crippen LogP contribution in [0.4, 0.5) is 0 Å². The van der Waals surface area contributed by atoms with E-state index in [0.29, 0.717) is 16.2 Å². The minimum atomic E-state index is 0.0412. The van der Waals surface area contributed by atoms with Gasteiger partial charge in [0.1, 0.15) is 11.1 Å². The molecule has 0 saturated heterocycles. The maximum Gasteiger partial charge on any atom is 0.173 e. The van der Waals surface area contributed by atoms with E-state index >= 15 is 0 Å². The molecule has 28 heavy (non-hydrogen) atoms. The number of rotatable bonds is 5. The van der Waals surface area contributed by atoms with Gasteiger partial charge in [-0.05, 0) is 48.9 Å². The maximum absolute atomic E-state index is 12.5. The van der Waals surface area contributed by atoms with Gasteiger partial charge in [0.25, 0.3) is 0 Å². The summed E-state index contributed by atoms with van der Waals surface area (Å²) in [5.74, 6) is 0.305. The van der Waals surface area contributed by atoms with E-state index in [9.17, 15) is 10.1 Å². The molecule has 0 bridgehead atoms. The van der Waals surface area contributed by atoms with Gasteiger partial charge in [0.05, 0.1) is 11.3 Å². The molecule has 5 heteroatoms. The molecule has 4 rings (SSSR count).